The second kappa shape index (κ2) is 6.52. The van der Waals surface area contributed by atoms with Crippen molar-refractivity contribution in [3.63, 3.8) is 0 Å². The fourth-order valence-corrected chi connectivity index (χ4v) is 2.42. The summed E-state index contributed by atoms with van der Waals surface area (Å²) in [6.45, 7) is 5.47. The van der Waals surface area contributed by atoms with Crippen LogP contribution >= 0.6 is 0 Å². The third-order valence-corrected chi connectivity index (χ3v) is 3.60. The molecule has 19 heavy (non-hydrogen) atoms. The highest BCUT2D eigenvalue weighted by Gasteiger charge is 2.19. The molecule has 5 heteroatoms. The molecule has 1 aromatic rings. The summed E-state index contributed by atoms with van der Waals surface area (Å²) in [6, 6.07) is 3.88. The van der Waals surface area contributed by atoms with Crippen molar-refractivity contribution in [2.75, 3.05) is 25.4 Å². The molecule has 0 unspecified atom stereocenters. The van der Waals surface area contributed by atoms with Crippen LogP contribution in [0.1, 0.15) is 25.3 Å². The average molecular weight is 262 g/mol. The van der Waals surface area contributed by atoms with E-state index in [0.29, 0.717) is 11.7 Å². The molecule has 1 saturated heterocycles. The van der Waals surface area contributed by atoms with Gasteiger partial charge in [-0.3, -0.25) is 9.69 Å². The highest BCUT2D eigenvalue weighted by molar-refractivity contribution is 5.72. The van der Waals surface area contributed by atoms with Gasteiger partial charge >= 0.3 is 0 Å². The minimum absolute atomic E-state index is 0.0652. The highest BCUT2D eigenvalue weighted by atomic mass is 16.1. The summed E-state index contributed by atoms with van der Waals surface area (Å²) >= 11 is 0. The molecule has 104 valence electrons. The van der Waals surface area contributed by atoms with E-state index in [2.05, 4.69) is 15.2 Å². The first-order valence-corrected chi connectivity index (χ1v) is 6.80. The van der Waals surface area contributed by atoms with Gasteiger partial charge in [-0.1, -0.05) is 6.07 Å². The van der Waals surface area contributed by atoms with Gasteiger partial charge in [0, 0.05) is 26.2 Å². The van der Waals surface area contributed by atoms with Crippen LogP contribution in [0.15, 0.2) is 18.3 Å². The fraction of sp³-hybridized carbons (Fsp3) is 0.571. The molecule has 0 aliphatic carbocycles. The fourth-order valence-electron chi connectivity index (χ4n) is 2.42. The lowest BCUT2D eigenvalue weighted by molar-refractivity contribution is -0.119. The summed E-state index contributed by atoms with van der Waals surface area (Å²) < 4.78 is 0. The minimum Gasteiger partial charge on any atom is -0.384 e. The van der Waals surface area contributed by atoms with Crippen LogP contribution in [0.5, 0.6) is 0 Å². The molecule has 1 aromatic heterocycles. The van der Waals surface area contributed by atoms with Crippen molar-refractivity contribution in [1.82, 2.24) is 15.2 Å². The van der Waals surface area contributed by atoms with Crippen LogP contribution in [0.3, 0.4) is 0 Å². The molecule has 0 saturated carbocycles. The van der Waals surface area contributed by atoms with Crippen molar-refractivity contribution in [3.8, 4) is 0 Å². The number of carbonyl (C=O) groups is 1. The number of hydrogen-bond donors (Lipinski definition) is 2. The number of hydrogen-bond acceptors (Lipinski definition) is 4. The number of rotatable bonds is 4. The lowest BCUT2D eigenvalue weighted by Gasteiger charge is -2.31. The number of nitrogens with one attached hydrogen (secondary N) is 1. The number of likely N-dealkylation sites (tertiary alicyclic amines) is 1. The van der Waals surface area contributed by atoms with Gasteiger partial charge in [0.05, 0.1) is 0 Å². The van der Waals surface area contributed by atoms with E-state index in [9.17, 15) is 4.79 Å². The van der Waals surface area contributed by atoms with E-state index in [1.807, 2.05) is 18.3 Å². The van der Waals surface area contributed by atoms with Crippen LogP contribution in [-0.4, -0.2) is 35.4 Å². The monoisotopic (exact) mass is 262 g/mol. The Bertz CT molecular complexity index is 410. The van der Waals surface area contributed by atoms with Gasteiger partial charge < -0.3 is 11.1 Å². The van der Waals surface area contributed by atoms with E-state index in [1.54, 1.807) is 6.92 Å². The van der Waals surface area contributed by atoms with Crippen LogP contribution in [0, 0.1) is 5.92 Å². The second-order valence-corrected chi connectivity index (χ2v) is 5.25. The van der Waals surface area contributed by atoms with E-state index in [1.165, 1.54) is 5.56 Å². The van der Waals surface area contributed by atoms with Gasteiger partial charge in [-0.05, 0) is 43.5 Å². The van der Waals surface area contributed by atoms with Gasteiger partial charge in [0.25, 0.3) is 0 Å². The molecule has 1 aliphatic rings. The molecule has 0 aromatic carbocycles. The molecule has 5 nitrogen and oxygen atoms in total. The predicted molar refractivity (Wildman–Crippen MR) is 75.3 cm³/mol. The third kappa shape index (κ3) is 4.52. The van der Waals surface area contributed by atoms with Gasteiger partial charge in [-0.2, -0.15) is 0 Å². The van der Waals surface area contributed by atoms with Gasteiger partial charge in [-0.15, -0.1) is 0 Å². The molecular weight excluding hydrogens is 240 g/mol. The van der Waals surface area contributed by atoms with E-state index in [0.717, 1.165) is 39.0 Å². The number of aromatic nitrogens is 1. The SMILES string of the molecule is CC(=O)NCC1CCN(Cc2ccc(N)nc2)CC1. The number of piperidine rings is 1. The van der Waals surface area contributed by atoms with Crippen LogP contribution in [0.4, 0.5) is 5.82 Å². The van der Waals surface area contributed by atoms with Gasteiger partial charge in [0.2, 0.25) is 5.91 Å². The van der Waals surface area contributed by atoms with Crippen molar-refractivity contribution in [3.05, 3.63) is 23.9 Å². The number of amides is 1. The maximum Gasteiger partial charge on any atom is 0.216 e. The van der Waals surface area contributed by atoms with Crippen LogP contribution in [-0.2, 0) is 11.3 Å². The zero-order chi connectivity index (χ0) is 13.7. The van der Waals surface area contributed by atoms with Gasteiger partial charge in [0.1, 0.15) is 5.82 Å². The third-order valence-electron chi connectivity index (χ3n) is 3.60. The molecule has 1 amide bonds. The molecule has 2 heterocycles. The molecular formula is C14H22N4O. The van der Waals surface area contributed by atoms with Crippen LogP contribution in [0.25, 0.3) is 0 Å². The zero-order valence-corrected chi connectivity index (χ0v) is 11.4. The lowest BCUT2D eigenvalue weighted by Crippen LogP contribution is -2.37. The first-order valence-electron chi connectivity index (χ1n) is 6.80. The molecule has 1 aliphatic heterocycles. The first kappa shape index (κ1) is 13.8. The van der Waals surface area contributed by atoms with E-state index in [4.69, 9.17) is 5.73 Å². The quantitative estimate of drug-likeness (QED) is 0.849. The predicted octanol–water partition coefficient (Wildman–Crippen LogP) is 1.01. The molecule has 0 spiro atoms. The molecule has 3 N–H and O–H groups in total. The van der Waals surface area contributed by atoms with Crippen molar-refractivity contribution >= 4 is 11.7 Å². The lowest BCUT2D eigenvalue weighted by atomic mass is 9.96. The summed E-state index contributed by atoms with van der Waals surface area (Å²) in [6.07, 6.45) is 4.13. The Morgan fingerprint density at radius 3 is 2.79 bits per heavy atom. The molecule has 2 rings (SSSR count). The number of anilines is 1. The van der Waals surface area contributed by atoms with Crippen molar-refractivity contribution in [1.29, 1.82) is 0 Å². The van der Waals surface area contributed by atoms with Crippen molar-refractivity contribution < 1.29 is 4.79 Å². The molecule has 1 fully saturated rings. The maximum atomic E-state index is 10.9. The molecule has 0 atom stereocenters. The van der Waals surface area contributed by atoms with E-state index >= 15 is 0 Å². The molecule has 0 radical (unpaired) electrons. The van der Waals surface area contributed by atoms with E-state index < -0.39 is 0 Å². The largest absolute Gasteiger partial charge is 0.384 e. The van der Waals surface area contributed by atoms with Crippen molar-refractivity contribution in [2.45, 2.75) is 26.3 Å². The number of nitrogens with two attached hydrogens (primary N) is 1. The Labute approximate surface area is 114 Å². The summed E-state index contributed by atoms with van der Waals surface area (Å²) in [7, 11) is 0. The maximum absolute atomic E-state index is 10.9. The smallest absolute Gasteiger partial charge is 0.216 e. The summed E-state index contributed by atoms with van der Waals surface area (Å²) in [5.74, 6) is 1.25. The van der Waals surface area contributed by atoms with Crippen LogP contribution in [0.2, 0.25) is 0 Å². The second-order valence-electron chi connectivity index (χ2n) is 5.25. The number of pyridine rings is 1. The number of nitrogen functional groups attached to an aromatic ring is 1. The van der Waals surface area contributed by atoms with Crippen LogP contribution < -0.4 is 11.1 Å². The minimum atomic E-state index is 0.0652. The average Bonchev–Trinajstić information content (AvgIpc) is 2.40. The van der Waals surface area contributed by atoms with Crippen molar-refractivity contribution in [2.24, 2.45) is 5.92 Å². The first-order chi connectivity index (χ1) is 9.13. The highest BCUT2D eigenvalue weighted by Crippen LogP contribution is 2.18. The Hall–Kier alpha value is -1.62. The summed E-state index contributed by atoms with van der Waals surface area (Å²) in [5.41, 5.74) is 6.78. The number of carbonyl (C=O) groups excluding carboxylic acids is 1. The van der Waals surface area contributed by atoms with Gasteiger partial charge in [-0.25, -0.2) is 4.98 Å². The summed E-state index contributed by atoms with van der Waals surface area (Å²) in [5, 5.41) is 2.90. The molecule has 0 bridgehead atoms. The standard InChI is InChI=1S/C14H22N4O/c1-11(19)16-8-12-4-6-18(7-5-12)10-13-2-3-14(15)17-9-13/h2-3,9,12H,4-8,10H2,1H3,(H2,15,17)(H,16,19). The number of nitrogens with zero attached hydrogens (tertiary/aromatic N) is 2. The van der Waals surface area contributed by atoms with E-state index in [-0.39, 0.29) is 5.91 Å². The Balaban J connectivity index is 1.74. The normalized spacial score (nSPS) is 17.3. The zero-order valence-electron chi connectivity index (χ0n) is 11.4. The Morgan fingerprint density at radius 2 is 2.21 bits per heavy atom. The van der Waals surface area contributed by atoms with Gasteiger partial charge in [0.15, 0.2) is 0 Å². The topological polar surface area (TPSA) is 71.2 Å². The Kier molecular flexibility index (Phi) is 4.74. The summed E-state index contributed by atoms with van der Waals surface area (Å²) in [4.78, 5) is 17.4. The Morgan fingerprint density at radius 1 is 1.47 bits per heavy atom.